The van der Waals surface area contributed by atoms with Gasteiger partial charge in [-0.3, -0.25) is 4.79 Å². The van der Waals surface area contributed by atoms with Crippen molar-refractivity contribution >= 4 is 28.6 Å². The molecule has 8 nitrogen and oxygen atoms in total. The maximum atomic E-state index is 11.3. The number of hydroxylamine groups is 2. The predicted octanol–water partition coefficient (Wildman–Crippen LogP) is -0.107. The molecule has 0 aromatic carbocycles. The number of carboxylic acid groups (broad SMARTS) is 1. The molecular formula is C10H17N2O6S-. The second-order valence-electron chi connectivity index (χ2n) is 4.04. The third-order valence-electron chi connectivity index (χ3n) is 2.76. The second kappa shape index (κ2) is 7.31. The highest BCUT2D eigenvalue weighted by molar-refractivity contribution is 7.77. The first kappa shape index (κ1) is 15.7. The Balaban J connectivity index is 2.91. The van der Waals surface area contributed by atoms with Crippen molar-refractivity contribution in [2.75, 3.05) is 13.7 Å². The van der Waals surface area contributed by atoms with Gasteiger partial charge in [-0.25, -0.2) is 4.79 Å². The van der Waals surface area contributed by atoms with Gasteiger partial charge in [0.1, 0.15) is 0 Å². The standard InChI is InChI=1S/C10H17N2O6S/c1-17-10(15)11-7-5-3-4-6-12(18-19(2)16)8(7)9(13)14/h7-8H,2-6H2,1H3,(H,11,15)(H,13,14)/q-1. The van der Waals surface area contributed by atoms with Gasteiger partial charge in [0.15, 0.2) is 6.04 Å². The highest BCUT2D eigenvalue weighted by atomic mass is 32.2. The quantitative estimate of drug-likeness (QED) is 0.550. The molecule has 1 heterocycles. The van der Waals surface area contributed by atoms with E-state index in [1.54, 1.807) is 0 Å². The average molecular weight is 293 g/mol. The molecule has 110 valence electrons. The van der Waals surface area contributed by atoms with E-state index in [2.05, 4.69) is 15.9 Å². The summed E-state index contributed by atoms with van der Waals surface area (Å²) in [6.45, 7) is 0.303. The molecule has 1 aliphatic rings. The van der Waals surface area contributed by atoms with Crippen LogP contribution in [0.1, 0.15) is 19.3 Å². The van der Waals surface area contributed by atoms with Crippen molar-refractivity contribution in [3.05, 3.63) is 0 Å². The molecule has 1 amide bonds. The molecule has 2 unspecified atom stereocenters. The zero-order valence-corrected chi connectivity index (χ0v) is 11.4. The Morgan fingerprint density at radius 2 is 2.16 bits per heavy atom. The number of aliphatic carboxylic acids is 1. The van der Waals surface area contributed by atoms with Crippen molar-refractivity contribution in [2.45, 2.75) is 31.3 Å². The molecule has 1 saturated heterocycles. The first-order valence-corrected chi connectivity index (χ1v) is 6.94. The van der Waals surface area contributed by atoms with Crippen LogP contribution in [0.25, 0.3) is 0 Å². The number of nitrogens with one attached hydrogen (secondary N) is 1. The summed E-state index contributed by atoms with van der Waals surface area (Å²) < 4.78 is 20.4. The van der Waals surface area contributed by atoms with E-state index in [0.29, 0.717) is 25.8 Å². The minimum absolute atomic E-state index is 0.303. The molecule has 1 fully saturated rings. The monoisotopic (exact) mass is 293 g/mol. The number of rotatable bonds is 4. The number of methoxy groups -OCH3 is 1. The maximum absolute atomic E-state index is 11.3. The second-order valence-corrected chi connectivity index (χ2v) is 4.80. The number of ether oxygens (including phenoxy) is 1. The van der Waals surface area contributed by atoms with E-state index in [9.17, 15) is 18.9 Å². The van der Waals surface area contributed by atoms with E-state index in [1.165, 1.54) is 7.11 Å². The molecule has 0 saturated carbocycles. The van der Waals surface area contributed by atoms with Gasteiger partial charge < -0.3 is 23.7 Å². The minimum Gasteiger partial charge on any atom is -0.480 e. The molecular weight excluding hydrogens is 276 g/mol. The maximum Gasteiger partial charge on any atom is 0.407 e. The van der Waals surface area contributed by atoms with Crippen molar-refractivity contribution in [3.8, 4) is 0 Å². The van der Waals surface area contributed by atoms with Crippen LogP contribution in [0.4, 0.5) is 4.79 Å². The van der Waals surface area contributed by atoms with Gasteiger partial charge in [-0.05, 0) is 19.3 Å². The van der Waals surface area contributed by atoms with Crippen LogP contribution >= 0.6 is 0 Å². The minimum atomic E-state index is -1.87. The van der Waals surface area contributed by atoms with Gasteiger partial charge in [-0.2, -0.15) is 10.9 Å². The van der Waals surface area contributed by atoms with E-state index in [1.807, 2.05) is 0 Å². The number of hydrogen-bond donors (Lipinski definition) is 2. The highest BCUT2D eigenvalue weighted by Gasteiger charge is 2.36. The van der Waals surface area contributed by atoms with E-state index >= 15 is 0 Å². The van der Waals surface area contributed by atoms with Gasteiger partial charge in [0.25, 0.3) is 0 Å². The summed E-state index contributed by atoms with van der Waals surface area (Å²) >= 11 is 0. The van der Waals surface area contributed by atoms with Crippen LogP contribution in [0.5, 0.6) is 0 Å². The Bertz CT molecular complexity index is 403. The fraction of sp³-hybridized carbons (Fsp3) is 0.700. The largest absolute Gasteiger partial charge is 0.480 e. The summed E-state index contributed by atoms with van der Waals surface area (Å²) in [5, 5.41) is 12.8. The summed E-state index contributed by atoms with van der Waals surface area (Å²) in [7, 11) is -0.673. The molecule has 0 spiro atoms. The molecule has 0 radical (unpaired) electrons. The normalized spacial score (nSPS) is 24.7. The topological polar surface area (TPSA) is 105 Å². The fourth-order valence-electron chi connectivity index (χ4n) is 1.98. The molecule has 0 aromatic heterocycles. The number of hydrogen-bond acceptors (Lipinski definition) is 7. The number of carbonyl (C=O) groups excluding carboxylic acids is 1. The molecule has 1 aliphatic heterocycles. The lowest BCUT2D eigenvalue weighted by molar-refractivity contribution is -0.160. The van der Waals surface area contributed by atoms with Crippen molar-refractivity contribution in [3.63, 3.8) is 0 Å². The van der Waals surface area contributed by atoms with Gasteiger partial charge in [0.05, 0.1) is 13.2 Å². The molecule has 1 rings (SSSR count). The Morgan fingerprint density at radius 1 is 1.47 bits per heavy atom. The molecule has 19 heavy (non-hydrogen) atoms. The van der Waals surface area contributed by atoms with E-state index in [-0.39, 0.29) is 0 Å². The Labute approximate surface area is 112 Å². The fourth-order valence-corrected chi connectivity index (χ4v) is 2.36. The van der Waals surface area contributed by atoms with Crippen molar-refractivity contribution in [1.82, 2.24) is 10.4 Å². The van der Waals surface area contributed by atoms with Crippen LogP contribution in [0, 0.1) is 0 Å². The number of carboxylic acids is 1. The van der Waals surface area contributed by atoms with Crippen LogP contribution in [0.3, 0.4) is 0 Å². The van der Waals surface area contributed by atoms with Gasteiger partial charge >= 0.3 is 12.1 Å². The zero-order valence-electron chi connectivity index (χ0n) is 10.5. The summed E-state index contributed by atoms with van der Waals surface area (Å²) in [5.74, 6) is 1.99. The van der Waals surface area contributed by atoms with Gasteiger partial charge in [0, 0.05) is 6.54 Å². The number of amides is 1. The Kier molecular flexibility index (Phi) is 6.06. The lowest BCUT2D eigenvalue weighted by Gasteiger charge is -2.32. The van der Waals surface area contributed by atoms with E-state index in [4.69, 9.17) is 4.28 Å². The van der Waals surface area contributed by atoms with Crippen molar-refractivity contribution in [2.24, 2.45) is 0 Å². The summed E-state index contributed by atoms with van der Waals surface area (Å²) in [6, 6.07) is -1.82. The molecule has 9 heteroatoms. The molecule has 0 bridgehead atoms. The van der Waals surface area contributed by atoms with Gasteiger partial charge in [-0.15, -0.1) is 10.7 Å². The van der Waals surface area contributed by atoms with Gasteiger partial charge in [-0.1, -0.05) is 0 Å². The van der Waals surface area contributed by atoms with Crippen LogP contribution < -0.4 is 5.32 Å². The SMILES string of the molecule is C=[S-](=O)ON1CCCCC(NC(=O)OC)C1C(=O)O. The van der Waals surface area contributed by atoms with Crippen molar-refractivity contribution < 1.29 is 27.9 Å². The highest BCUT2D eigenvalue weighted by Crippen LogP contribution is 2.18. The Morgan fingerprint density at radius 3 is 2.68 bits per heavy atom. The first-order valence-electron chi connectivity index (χ1n) is 5.69. The summed E-state index contributed by atoms with van der Waals surface area (Å²) in [6.07, 6.45) is 1.13. The number of carbonyl (C=O) groups is 2. The van der Waals surface area contributed by atoms with E-state index < -0.39 is 34.8 Å². The summed E-state index contributed by atoms with van der Waals surface area (Å²) in [4.78, 5) is 22.6. The lowest BCUT2D eigenvalue weighted by atomic mass is 10.0. The van der Waals surface area contributed by atoms with Crippen LogP contribution in [0.2, 0.25) is 0 Å². The number of nitrogens with zero attached hydrogens (tertiary/aromatic N) is 1. The molecule has 2 atom stereocenters. The third-order valence-corrected chi connectivity index (χ3v) is 3.11. The lowest BCUT2D eigenvalue weighted by Crippen LogP contribution is -2.54. The van der Waals surface area contributed by atoms with Crippen molar-refractivity contribution in [1.29, 1.82) is 0 Å². The zero-order chi connectivity index (χ0) is 14.4. The van der Waals surface area contributed by atoms with Crippen LogP contribution in [0.15, 0.2) is 0 Å². The molecule has 0 aliphatic carbocycles. The molecule has 0 aromatic rings. The average Bonchev–Trinajstić information content (AvgIpc) is 2.50. The molecule has 2 N–H and O–H groups in total. The number of alkyl carbamates (subject to hydrolysis) is 1. The Hall–Kier alpha value is -1.32. The van der Waals surface area contributed by atoms with Crippen LogP contribution in [-0.4, -0.2) is 53.8 Å². The predicted molar refractivity (Wildman–Crippen MR) is 67.6 cm³/mol. The third kappa shape index (κ3) is 4.69. The van der Waals surface area contributed by atoms with Gasteiger partial charge in [0.2, 0.25) is 0 Å². The van der Waals surface area contributed by atoms with Crippen LogP contribution in [-0.2, 0) is 28.7 Å². The summed E-state index contributed by atoms with van der Waals surface area (Å²) in [5.41, 5.74) is 0. The van der Waals surface area contributed by atoms with E-state index in [0.717, 1.165) is 5.06 Å². The smallest absolute Gasteiger partial charge is 0.407 e. The first-order chi connectivity index (χ1) is 8.95.